The summed E-state index contributed by atoms with van der Waals surface area (Å²) in [5, 5.41) is 2.64. The highest BCUT2D eigenvalue weighted by Crippen LogP contribution is 2.25. The molecule has 8 heteroatoms. The number of sulfonamides is 1. The monoisotopic (exact) mass is 347 g/mol. The number of hydrogen-bond donors (Lipinski definition) is 1. The van der Waals surface area contributed by atoms with Crippen LogP contribution in [0.25, 0.3) is 0 Å². The highest BCUT2D eigenvalue weighted by atomic mass is 32.2. The molecule has 1 fully saturated rings. The summed E-state index contributed by atoms with van der Waals surface area (Å²) in [6, 6.07) is 9.60. The highest BCUT2D eigenvalue weighted by molar-refractivity contribution is 7.93. The Morgan fingerprint density at radius 2 is 1.88 bits per heavy atom. The Balaban J connectivity index is 1.78. The van der Waals surface area contributed by atoms with Crippen molar-refractivity contribution in [3.05, 3.63) is 58.5 Å². The lowest BCUT2D eigenvalue weighted by Gasteiger charge is -2.17. The molecule has 1 N–H and O–H groups in total. The van der Waals surface area contributed by atoms with Crippen LogP contribution < -0.4 is 15.2 Å². The fourth-order valence-electron chi connectivity index (χ4n) is 2.61. The van der Waals surface area contributed by atoms with Crippen molar-refractivity contribution in [1.82, 2.24) is 4.57 Å². The van der Waals surface area contributed by atoms with Gasteiger partial charge in [-0.3, -0.25) is 13.9 Å². The summed E-state index contributed by atoms with van der Waals surface area (Å²) in [6.07, 6.45) is 2.18. The van der Waals surface area contributed by atoms with Crippen molar-refractivity contribution in [2.45, 2.75) is 6.42 Å². The van der Waals surface area contributed by atoms with E-state index in [4.69, 9.17) is 0 Å². The number of pyridine rings is 1. The quantitative estimate of drug-likeness (QED) is 0.903. The van der Waals surface area contributed by atoms with E-state index in [9.17, 15) is 18.0 Å². The minimum Gasteiger partial charge on any atom is -0.322 e. The van der Waals surface area contributed by atoms with Crippen molar-refractivity contribution in [2.75, 3.05) is 21.9 Å². The first kappa shape index (κ1) is 16.3. The van der Waals surface area contributed by atoms with Gasteiger partial charge in [0, 0.05) is 25.5 Å². The highest BCUT2D eigenvalue weighted by Gasteiger charge is 2.28. The van der Waals surface area contributed by atoms with Gasteiger partial charge in [0.1, 0.15) is 5.56 Å². The van der Waals surface area contributed by atoms with Gasteiger partial charge >= 0.3 is 0 Å². The van der Waals surface area contributed by atoms with E-state index in [1.165, 1.54) is 14.9 Å². The van der Waals surface area contributed by atoms with E-state index in [1.807, 2.05) is 0 Å². The van der Waals surface area contributed by atoms with E-state index >= 15 is 0 Å². The SMILES string of the molecule is Cn1cccc(C(=O)Nc2ccc(N3CCCS3(=O)=O)cc2)c1=O. The Morgan fingerprint density at radius 1 is 1.17 bits per heavy atom. The van der Waals surface area contributed by atoms with Crippen LogP contribution in [0.4, 0.5) is 11.4 Å². The molecule has 0 spiro atoms. The van der Waals surface area contributed by atoms with Crippen LogP contribution in [0.15, 0.2) is 47.4 Å². The number of carbonyl (C=O) groups is 1. The van der Waals surface area contributed by atoms with Crippen LogP contribution in [0.1, 0.15) is 16.8 Å². The zero-order chi connectivity index (χ0) is 17.3. The van der Waals surface area contributed by atoms with Crippen LogP contribution in [0.3, 0.4) is 0 Å². The maximum Gasteiger partial charge on any atom is 0.263 e. The molecule has 0 radical (unpaired) electrons. The first-order valence-corrected chi connectivity index (χ1v) is 9.07. The molecular weight excluding hydrogens is 330 g/mol. The van der Waals surface area contributed by atoms with Crippen molar-refractivity contribution in [3.8, 4) is 0 Å². The number of nitrogens with one attached hydrogen (secondary N) is 1. The molecule has 1 aromatic carbocycles. The van der Waals surface area contributed by atoms with Crippen molar-refractivity contribution in [2.24, 2.45) is 7.05 Å². The number of benzene rings is 1. The molecule has 0 saturated carbocycles. The number of hydrogen-bond acceptors (Lipinski definition) is 4. The molecule has 2 aromatic rings. The Hall–Kier alpha value is -2.61. The van der Waals surface area contributed by atoms with Gasteiger partial charge in [-0.1, -0.05) is 0 Å². The minimum atomic E-state index is -3.23. The van der Waals surface area contributed by atoms with E-state index in [-0.39, 0.29) is 16.9 Å². The molecule has 7 nitrogen and oxygen atoms in total. The van der Waals surface area contributed by atoms with Crippen LogP contribution in [-0.2, 0) is 17.1 Å². The summed E-state index contributed by atoms with van der Waals surface area (Å²) in [5.41, 5.74) is 0.730. The molecule has 24 heavy (non-hydrogen) atoms. The van der Waals surface area contributed by atoms with Crippen molar-refractivity contribution >= 4 is 27.3 Å². The van der Waals surface area contributed by atoms with Gasteiger partial charge in [0.25, 0.3) is 11.5 Å². The second-order valence-electron chi connectivity index (χ2n) is 5.58. The third kappa shape index (κ3) is 3.05. The number of aromatic nitrogens is 1. The van der Waals surface area contributed by atoms with Gasteiger partial charge < -0.3 is 9.88 Å². The number of nitrogens with zero attached hydrogens (tertiary/aromatic N) is 2. The first-order chi connectivity index (χ1) is 11.4. The standard InChI is InChI=1S/C16H17N3O4S/c1-18-9-2-4-14(16(18)21)15(20)17-12-5-7-13(8-6-12)19-10-3-11-24(19,22)23/h2,4-9H,3,10-11H2,1H3,(H,17,20). The predicted molar refractivity (Wildman–Crippen MR) is 91.8 cm³/mol. The summed E-state index contributed by atoms with van der Waals surface area (Å²) in [5.74, 6) is -0.347. The molecule has 0 aliphatic carbocycles. The molecule has 0 unspecified atom stereocenters. The average molecular weight is 347 g/mol. The first-order valence-electron chi connectivity index (χ1n) is 7.46. The maximum absolute atomic E-state index is 12.2. The van der Waals surface area contributed by atoms with E-state index in [0.717, 1.165) is 0 Å². The molecule has 126 valence electrons. The van der Waals surface area contributed by atoms with Crippen molar-refractivity contribution in [3.63, 3.8) is 0 Å². The van der Waals surface area contributed by atoms with Gasteiger partial charge in [0.15, 0.2) is 0 Å². The number of anilines is 2. The van der Waals surface area contributed by atoms with E-state index in [2.05, 4.69) is 5.32 Å². The Labute approximate surface area is 139 Å². The fraction of sp³-hybridized carbons (Fsp3) is 0.250. The zero-order valence-corrected chi connectivity index (χ0v) is 13.9. The summed E-state index contributed by atoms with van der Waals surface area (Å²) in [7, 11) is -1.65. The normalized spacial score (nSPS) is 16.1. The van der Waals surface area contributed by atoms with Gasteiger partial charge in [-0.25, -0.2) is 8.42 Å². The molecule has 1 aliphatic rings. The maximum atomic E-state index is 12.2. The van der Waals surface area contributed by atoms with E-state index in [0.29, 0.717) is 24.3 Å². The molecule has 0 bridgehead atoms. The molecule has 0 atom stereocenters. The topological polar surface area (TPSA) is 88.5 Å². The van der Waals surface area contributed by atoms with E-state index in [1.54, 1.807) is 43.6 Å². The molecule has 1 saturated heterocycles. The smallest absolute Gasteiger partial charge is 0.263 e. The fourth-order valence-corrected chi connectivity index (χ4v) is 4.17. The summed E-state index contributed by atoms with van der Waals surface area (Å²) in [6.45, 7) is 0.466. The zero-order valence-electron chi connectivity index (χ0n) is 13.1. The van der Waals surface area contributed by atoms with Gasteiger partial charge in [0.2, 0.25) is 10.0 Å². The Kier molecular flexibility index (Phi) is 4.15. The molecule has 3 rings (SSSR count). The summed E-state index contributed by atoms with van der Waals surface area (Å²) in [4.78, 5) is 24.1. The molecule has 1 amide bonds. The van der Waals surface area contributed by atoms with Gasteiger partial charge in [-0.15, -0.1) is 0 Å². The number of amides is 1. The Morgan fingerprint density at radius 3 is 2.50 bits per heavy atom. The van der Waals surface area contributed by atoms with Gasteiger partial charge in [-0.2, -0.15) is 0 Å². The predicted octanol–water partition coefficient (Wildman–Crippen LogP) is 1.18. The largest absolute Gasteiger partial charge is 0.322 e. The van der Waals surface area contributed by atoms with Crippen LogP contribution in [0, 0.1) is 0 Å². The lowest BCUT2D eigenvalue weighted by Crippen LogP contribution is -2.27. The molecule has 1 aliphatic heterocycles. The molecule has 1 aromatic heterocycles. The summed E-state index contributed by atoms with van der Waals surface area (Å²) >= 11 is 0. The molecular formula is C16H17N3O4S. The summed E-state index contributed by atoms with van der Waals surface area (Å²) < 4.78 is 26.5. The second kappa shape index (κ2) is 6.12. The lowest BCUT2D eigenvalue weighted by atomic mass is 10.2. The third-order valence-corrected chi connectivity index (χ3v) is 5.75. The van der Waals surface area contributed by atoms with Crippen LogP contribution in [0.5, 0.6) is 0 Å². The average Bonchev–Trinajstić information content (AvgIpc) is 2.90. The number of carbonyl (C=O) groups excluding carboxylic acids is 1. The number of aryl methyl sites for hydroxylation is 1. The Bertz CT molecular complexity index is 933. The second-order valence-corrected chi connectivity index (χ2v) is 7.59. The van der Waals surface area contributed by atoms with Crippen molar-refractivity contribution < 1.29 is 13.2 Å². The van der Waals surface area contributed by atoms with Crippen LogP contribution in [-0.4, -0.2) is 31.2 Å². The van der Waals surface area contributed by atoms with Crippen molar-refractivity contribution in [1.29, 1.82) is 0 Å². The van der Waals surface area contributed by atoms with Gasteiger partial charge in [0.05, 0.1) is 11.4 Å². The minimum absolute atomic E-state index is 0.0474. The number of rotatable bonds is 3. The van der Waals surface area contributed by atoms with Crippen LogP contribution in [0.2, 0.25) is 0 Å². The van der Waals surface area contributed by atoms with Crippen LogP contribution >= 0.6 is 0 Å². The van der Waals surface area contributed by atoms with E-state index < -0.39 is 15.9 Å². The lowest BCUT2D eigenvalue weighted by molar-refractivity contribution is 0.102. The molecule has 2 heterocycles. The van der Waals surface area contributed by atoms with Gasteiger partial charge in [-0.05, 0) is 42.8 Å². The third-order valence-electron chi connectivity index (χ3n) is 3.88.